The van der Waals surface area contributed by atoms with Crippen LogP contribution in [0.1, 0.15) is 121 Å². The predicted molar refractivity (Wildman–Crippen MR) is 219 cm³/mol. The van der Waals surface area contributed by atoms with Crippen molar-refractivity contribution in [3.63, 3.8) is 0 Å². The maximum Gasteiger partial charge on any atom is 0.433 e. The molecule has 2 aromatic carbocycles. The van der Waals surface area contributed by atoms with Gasteiger partial charge >= 0.3 is 6.18 Å². The molecular formula is C45H49F3N8O5. The molecule has 4 amide bonds. The number of likely N-dealkylation sites (tertiary alicyclic amines) is 1. The SMILES string of the molecule is CC1(C)OC(c2cccc(C(F)(F)F)n2)=Nc2cc3c(cc21)NN(C1CCC(CN2CCC4(CC2)CC(Nc2cccc5c2C(=O)N(C2CCC(=O)NC2=O)C5=O)C4)CC1)C3. The first-order valence-corrected chi connectivity index (χ1v) is 21.5. The van der Waals surface area contributed by atoms with Gasteiger partial charge in [-0.2, -0.15) is 13.2 Å². The van der Waals surface area contributed by atoms with Crippen LogP contribution in [0.5, 0.6) is 0 Å². The summed E-state index contributed by atoms with van der Waals surface area (Å²) in [6.45, 7) is 7.76. The van der Waals surface area contributed by atoms with Gasteiger partial charge in [0.15, 0.2) is 0 Å². The van der Waals surface area contributed by atoms with Crippen LogP contribution >= 0.6 is 0 Å². The number of carbonyl (C=O) groups is 4. The van der Waals surface area contributed by atoms with E-state index in [2.05, 4.69) is 42.0 Å². The average molecular weight is 839 g/mol. The highest BCUT2D eigenvalue weighted by Crippen LogP contribution is 2.51. The summed E-state index contributed by atoms with van der Waals surface area (Å²) in [5.41, 5.74) is 7.06. The molecule has 13 nitrogen and oxygen atoms in total. The normalized spacial score (nSPS) is 26.1. The zero-order valence-corrected chi connectivity index (χ0v) is 34.2. The van der Waals surface area contributed by atoms with Crippen LogP contribution in [0.15, 0.2) is 53.5 Å². The lowest BCUT2D eigenvalue weighted by Gasteiger charge is -2.53. The van der Waals surface area contributed by atoms with Gasteiger partial charge < -0.3 is 20.4 Å². The second kappa shape index (κ2) is 14.6. The van der Waals surface area contributed by atoms with Crippen LogP contribution < -0.4 is 16.1 Å². The smallest absolute Gasteiger partial charge is 0.433 e. The number of hydrogen-bond donors (Lipinski definition) is 3. The Balaban J connectivity index is 0.698. The number of ether oxygens (including phenoxy) is 1. The number of imide groups is 2. The Labute approximate surface area is 351 Å². The van der Waals surface area contributed by atoms with Gasteiger partial charge in [0.25, 0.3) is 11.8 Å². The third kappa shape index (κ3) is 7.24. The minimum absolute atomic E-state index is 0.0501. The highest BCUT2D eigenvalue weighted by Gasteiger charge is 2.49. The van der Waals surface area contributed by atoms with Crippen molar-refractivity contribution in [1.29, 1.82) is 0 Å². The van der Waals surface area contributed by atoms with Gasteiger partial charge in [0.1, 0.15) is 23.0 Å². The molecule has 5 aliphatic heterocycles. The Morgan fingerprint density at radius 3 is 2.43 bits per heavy atom. The van der Waals surface area contributed by atoms with Gasteiger partial charge in [0, 0.05) is 42.8 Å². The van der Waals surface area contributed by atoms with E-state index in [1.54, 1.807) is 12.1 Å². The number of nitrogens with zero attached hydrogens (tertiary/aromatic N) is 5. The number of aromatic nitrogens is 1. The maximum absolute atomic E-state index is 13.6. The van der Waals surface area contributed by atoms with Crippen LogP contribution in [0.25, 0.3) is 0 Å². The quantitative estimate of drug-likeness (QED) is 0.215. The van der Waals surface area contributed by atoms with Gasteiger partial charge in [-0.05, 0) is 138 Å². The summed E-state index contributed by atoms with van der Waals surface area (Å²) in [7, 11) is 0. The van der Waals surface area contributed by atoms with E-state index in [-0.39, 0.29) is 35.9 Å². The molecule has 7 aliphatic rings. The third-order valence-electron chi connectivity index (χ3n) is 14.2. The van der Waals surface area contributed by atoms with E-state index in [9.17, 15) is 32.3 Å². The predicted octanol–water partition coefficient (Wildman–Crippen LogP) is 6.90. The van der Waals surface area contributed by atoms with Crippen molar-refractivity contribution in [3.05, 3.63) is 82.2 Å². The van der Waals surface area contributed by atoms with Crippen molar-refractivity contribution in [1.82, 2.24) is 25.1 Å². The molecule has 1 spiro atoms. The molecule has 10 rings (SSSR count). The van der Waals surface area contributed by atoms with Gasteiger partial charge in [0.2, 0.25) is 17.7 Å². The lowest BCUT2D eigenvalue weighted by Crippen LogP contribution is -2.54. The molecule has 4 fully saturated rings. The lowest BCUT2D eigenvalue weighted by molar-refractivity contribution is -0.141. The van der Waals surface area contributed by atoms with Gasteiger partial charge in [-0.1, -0.05) is 12.1 Å². The zero-order valence-electron chi connectivity index (χ0n) is 34.2. The molecule has 1 atom stereocenters. The molecule has 1 aromatic heterocycles. The summed E-state index contributed by atoms with van der Waals surface area (Å²) in [4.78, 5) is 63.2. The molecule has 0 radical (unpaired) electrons. The number of fused-ring (bicyclic) bond motifs is 3. The number of pyridine rings is 1. The number of carbonyl (C=O) groups excluding carboxylic acids is 4. The molecule has 61 heavy (non-hydrogen) atoms. The van der Waals surface area contributed by atoms with Gasteiger partial charge in [-0.15, -0.1) is 0 Å². The van der Waals surface area contributed by atoms with Crippen LogP contribution in [-0.2, 0) is 32.6 Å². The second-order valence-corrected chi connectivity index (χ2v) is 18.6. The van der Waals surface area contributed by atoms with Crippen molar-refractivity contribution >= 4 is 46.6 Å². The molecule has 0 bridgehead atoms. The van der Waals surface area contributed by atoms with Crippen molar-refractivity contribution in [2.75, 3.05) is 30.4 Å². The fourth-order valence-electron chi connectivity index (χ4n) is 10.9. The Kier molecular flexibility index (Phi) is 9.54. The molecular weight excluding hydrogens is 790 g/mol. The summed E-state index contributed by atoms with van der Waals surface area (Å²) >= 11 is 0. The summed E-state index contributed by atoms with van der Waals surface area (Å²) in [6.07, 6.45) is 4.44. The highest BCUT2D eigenvalue weighted by molar-refractivity contribution is 6.25. The third-order valence-corrected chi connectivity index (χ3v) is 14.2. The number of halogens is 3. The Hall–Kier alpha value is -5.35. The van der Waals surface area contributed by atoms with E-state index >= 15 is 0 Å². The number of anilines is 2. The largest absolute Gasteiger partial charge is 0.465 e. The number of nitrogens with one attached hydrogen (secondary N) is 3. The van der Waals surface area contributed by atoms with E-state index in [1.165, 1.54) is 12.1 Å². The average Bonchev–Trinajstić information content (AvgIpc) is 3.75. The maximum atomic E-state index is 13.6. The van der Waals surface area contributed by atoms with Crippen LogP contribution in [0.3, 0.4) is 0 Å². The summed E-state index contributed by atoms with van der Waals surface area (Å²) in [5.74, 6) is -1.26. The number of piperidine rings is 2. The van der Waals surface area contributed by atoms with Crippen LogP contribution in [0, 0.1) is 11.3 Å². The van der Waals surface area contributed by atoms with Gasteiger partial charge in [0.05, 0.1) is 22.5 Å². The molecule has 2 saturated heterocycles. The minimum Gasteiger partial charge on any atom is -0.465 e. The molecule has 1 unspecified atom stereocenters. The molecule has 2 aliphatic carbocycles. The van der Waals surface area contributed by atoms with E-state index in [1.807, 2.05) is 26.0 Å². The number of hydrazine groups is 1. The Bertz CT molecular complexity index is 2360. The summed E-state index contributed by atoms with van der Waals surface area (Å²) in [5, 5.41) is 8.15. The highest BCUT2D eigenvalue weighted by atomic mass is 19.4. The fourth-order valence-corrected chi connectivity index (χ4v) is 10.9. The van der Waals surface area contributed by atoms with Crippen molar-refractivity contribution in [3.8, 4) is 0 Å². The van der Waals surface area contributed by atoms with Gasteiger partial charge in [-0.3, -0.25) is 29.4 Å². The summed E-state index contributed by atoms with van der Waals surface area (Å²) in [6, 6.07) is 12.7. The number of aliphatic imine (C=N–C) groups is 1. The first kappa shape index (κ1) is 39.8. The Morgan fingerprint density at radius 2 is 1.69 bits per heavy atom. The molecule has 6 heterocycles. The fraction of sp³-hybridized carbons (Fsp3) is 0.511. The van der Waals surface area contributed by atoms with Crippen molar-refractivity contribution < 1.29 is 37.1 Å². The monoisotopic (exact) mass is 838 g/mol. The van der Waals surface area contributed by atoms with E-state index in [4.69, 9.17) is 4.74 Å². The number of amides is 4. The molecule has 16 heteroatoms. The van der Waals surface area contributed by atoms with Crippen LogP contribution in [0.4, 0.5) is 30.2 Å². The minimum atomic E-state index is -4.57. The van der Waals surface area contributed by atoms with E-state index in [0.717, 1.165) is 105 Å². The number of benzene rings is 2. The zero-order chi connectivity index (χ0) is 42.4. The molecule has 2 saturated carbocycles. The second-order valence-electron chi connectivity index (χ2n) is 18.6. The number of hydrogen-bond acceptors (Lipinski definition) is 11. The Morgan fingerprint density at radius 1 is 0.934 bits per heavy atom. The van der Waals surface area contributed by atoms with E-state index in [0.29, 0.717) is 34.5 Å². The first-order chi connectivity index (χ1) is 29.1. The van der Waals surface area contributed by atoms with Gasteiger partial charge in [-0.25, -0.2) is 15.0 Å². The molecule has 320 valence electrons. The van der Waals surface area contributed by atoms with Crippen LogP contribution in [-0.4, -0.2) is 87.1 Å². The topological polar surface area (TPSA) is 149 Å². The standard InChI is InChI=1S/C45H49F3N8O5/c1-43(2)30-20-33-26(19-34(30)51-40(61-43)32-7-4-8-36(50-32)45(46,47)48)24-55(53-33)28-11-9-25(10-12-28)23-54-17-15-44(16-18-54)21-27(22-44)49-31-6-3-5-29-38(31)42(60)56(41(29)59)35-13-14-37(57)52-39(35)58/h3-8,19-20,25,27-28,35,49,53H,9-18,21-24H2,1-2H3,(H,52,57,58). The molecule has 3 aromatic rings. The summed E-state index contributed by atoms with van der Waals surface area (Å²) < 4.78 is 46.4. The van der Waals surface area contributed by atoms with Crippen molar-refractivity contribution in [2.45, 2.75) is 115 Å². The first-order valence-electron chi connectivity index (χ1n) is 21.5. The lowest BCUT2D eigenvalue weighted by atomic mass is 9.60. The van der Waals surface area contributed by atoms with E-state index < -0.39 is 47.1 Å². The van der Waals surface area contributed by atoms with Crippen LogP contribution in [0.2, 0.25) is 0 Å². The van der Waals surface area contributed by atoms with Crippen molar-refractivity contribution in [2.24, 2.45) is 16.3 Å². The number of alkyl halides is 3. The number of rotatable bonds is 7. The molecule has 3 N–H and O–H groups in total.